The maximum atomic E-state index is 11.4. The molecule has 0 aliphatic carbocycles. The summed E-state index contributed by atoms with van der Waals surface area (Å²) in [5, 5.41) is 11.2. The highest BCUT2D eigenvalue weighted by atomic mass is 32.2. The fourth-order valence-corrected chi connectivity index (χ4v) is 2.12. The van der Waals surface area contributed by atoms with Crippen LogP contribution in [0.25, 0.3) is 0 Å². The second-order valence-electron chi connectivity index (χ2n) is 3.78. The minimum Gasteiger partial charge on any atom is -0.481 e. The number of hydrogen-bond acceptors (Lipinski definition) is 3. The van der Waals surface area contributed by atoms with E-state index in [2.05, 4.69) is 5.32 Å². The zero-order chi connectivity index (χ0) is 13.2. The van der Waals surface area contributed by atoms with Crippen molar-refractivity contribution < 1.29 is 14.7 Å². The maximum Gasteiger partial charge on any atom is 0.304 e. The highest BCUT2D eigenvalue weighted by molar-refractivity contribution is 7.99. The summed E-state index contributed by atoms with van der Waals surface area (Å²) >= 11 is 1.34. The van der Waals surface area contributed by atoms with E-state index in [4.69, 9.17) is 5.11 Å². The van der Waals surface area contributed by atoms with Crippen LogP contribution in [0.5, 0.6) is 0 Å². The minimum atomic E-state index is -0.827. The van der Waals surface area contributed by atoms with E-state index in [0.29, 0.717) is 18.1 Å². The van der Waals surface area contributed by atoms with Crippen LogP contribution in [0.4, 0.5) is 0 Å². The first-order chi connectivity index (χ1) is 8.68. The predicted molar refractivity (Wildman–Crippen MR) is 72.7 cm³/mol. The molecular formula is C13H17NO3S. The minimum absolute atomic E-state index is 0.0404. The van der Waals surface area contributed by atoms with Gasteiger partial charge in [-0.15, -0.1) is 0 Å². The van der Waals surface area contributed by atoms with Crippen molar-refractivity contribution in [3.63, 3.8) is 0 Å². The topological polar surface area (TPSA) is 66.4 Å². The molecule has 0 saturated carbocycles. The normalized spacial score (nSPS) is 10.0. The molecular weight excluding hydrogens is 250 g/mol. The van der Waals surface area contributed by atoms with Crippen molar-refractivity contribution in [3.05, 3.63) is 35.9 Å². The number of nitrogens with one attached hydrogen (secondary N) is 1. The van der Waals surface area contributed by atoms with Crippen LogP contribution in [0.1, 0.15) is 12.0 Å². The molecule has 1 rings (SSSR count). The van der Waals surface area contributed by atoms with E-state index in [1.54, 1.807) is 0 Å². The van der Waals surface area contributed by atoms with Crippen molar-refractivity contribution in [1.82, 2.24) is 5.32 Å². The molecule has 1 amide bonds. The Morgan fingerprint density at radius 3 is 2.61 bits per heavy atom. The Morgan fingerprint density at radius 1 is 1.22 bits per heavy atom. The number of amides is 1. The van der Waals surface area contributed by atoms with Crippen LogP contribution in [-0.2, 0) is 16.0 Å². The van der Waals surface area contributed by atoms with Crippen LogP contribution in [0.2, 0.25) is 0 Å². The molecule has 1 aromatic carbocycles. The fraction of sp³-hybridized carbons (Fsp3) is 0.385. The lowest BCUT2D eigenvalue weighted by Crippen LogP contribution is -2.27. The van der Waals surface area contributed by atoms with Crippen molar-refractivity contribution >= 4 is 23.6 Å². The summed E-state index contributed by atoms with van der Waals surface area (Å²) in [6.45, 7) is 0.613. The summed E-state index contributed by atoms with van der Waals surface area (Å²) in [5.41, 5.74) is 1.19. The molecule has 0 heterocycles. The van der Waals surface area contributed by atoms with Gasteiger partial charge in [0, 0.05) is 12.3 Å². The smallest absolute Gasteiger partial charge is 0.304 e. The number of aliphatic carboxylic acids is 1. The Labute approximate surface area is 111 Å². The molecule has 18 heavy (non-hydrogen) atoms. The molecule has 0 fully saturated rings. The molecule has 0 radical (unpaired) electrons. The monoisotopic (exact) mass is 267 g/mol. The molecule has 1 aromatic rings. The third-order valence-corrected chi connectivity index (χ3v) is 3.23. The van der Waals surface area contributed by atoms with Crippen molar-refractivity contribution in [2.45, 2.75) is 12.8 Å². The van der Waals surface area contributed by atoms with Gasteiger partial charge in [-0.25, -0.2) is 0 Å². The lowest BCUT2D eigenvalue weighted by Gasteiger charge is -2.04. The number of carbonyl (C=O) groups is 2. The number of rotatable bonds is 8. The number of carboxylic acids is 1. The molecule has 0 aromatic heterocycles. The second-order valence-corrected chi connectivity index (χ2v) is 4.89. The Kier molecular flexibility index (Phi) is 6.94. The molecule has 0 unspecified atom stereocenters. The van der Waals surface area contributed by atoms with E-state index in [0.717, 1.165) is 6.42 Å². The van der Waals surface area contributed by atoms with E-state index >= 15 is 0 Å². The van der Waals surface area contributed by atoms with E-state index in [1.807, 2.05) is 30.3 Å². The first-order valence-corrected chi connectivity index (χ1v) is 6.94. The van der Waals surface area contributed by atoms with Crippen molar-refractivity contribution in [2.24, 2.45) is 0 Å². The van der Waals surface area contributed by atoms with E-state index in [-0.39, 0.29) is 12.3 Å². The van der Waals surface area contributed by atoms with Crippen LogP contribution in [-0.4, -0.2) is 35.0 Å². The lowest BCUT2D eigenvalue weighted by atomic mass is 10.1. The average molecular weight is 267 g/mol. The molecule has 4 nitrogen and oxygen atoms in total. The molecule has 0 bridgehead atoms. The van der Waals surface area contributed by atoms with Gasteiger partial charge in [0.25, 0.3) is 0 Å². The maximum absolute atomic E-state index is 11.4. The van der Waals surface area contributed by atoms with Gasteiger partial charge in [-0.2, -0.15) is 11.8 Å². The summed E-state index contributed by atoms with van der Waals surface area (Å²) in [6.07, 6.45) is 0.911. The quantitative estimate of drug-likeness (QED) is 0.701. The third-order valence-electron chi connectivity index (χ3n) is 2.27. The van der Waals surface area contributed by atoms with Gasteiger partial charge in [0.2, 0.25) is 5.91 Å². The standard InChI is InChI=1S/C13H17NO3S/c15-12(10-18-9-7-13(16)17)14-8-6-11-4-2-1-3-5-11/h1-5H,6-10H2,(H,14,15)(H,16,17). The summed E-state index contributed by atoms with van der Waals surface area (Å²) in [7, 11) is 0. The molecule has 98 valence electrons. The number of hydrogen-bond donors (Lipinski definition) is 2. The van der Waals surface area contributed by atoms with Crippen molar-refractivity contribution in [1.29, 1.82) is 0 Å². The highest BCUT2D eigenvalue weighted by Gasteiger charge is 2.02. The molecule has 0 saturated heterocycles. The van der Waals surface area contributed by atoms with Crippen molar-refractivity contribution in [2.75, 3.05) is 18.1 Å². The van der Waals surface area contributed by atoms with Gasteiger partial charge in [-0.05, 0) is 12.0 Å². The predicted octanol–water partition coefficient (Wildman–Crippen LogP) is 1.55. The van der Waals surface area contributed by atoms with Gasteiger partial charge in [0.1, 0.15) is 0 Å². The highest BCUT2D eigenvalue weighted by Crippen LogP contribution is 2.02. The van der Waals surface area contributed by atoms with Crippen LogP contribution in [0.3, 0.4) is 0 Å². The molecule has 2 N–H and O–H groups in total. The lowest BCUT2D eigenvalue weighted by molar-refractivity contribution is -0.136. The number of thioether (sulfide) groups is 1. The largest absolute Gasteiger partial charge is 0.481 e. The van der Waals surface area contributed by atoms with Gasteiger partial charge < -0.3 is 10.4 Å². The van der Waals surface area contributed by atoms with E-state index in [9.17, 15) is 9.59 Å². The summed E-state index contributed by atoms with van der Waals surface area (Å²) < 4.78 is 0. The van der Waals surface area contributed by atoms with Gasteiger partial charge in [0.05, 0.1) is 12.2 Å². The van der Waals surface area contributed by atoms with E-state index < -0.39 is 5.97 Å². The molecule has 0 aliphatic heterocycles. The number of carboxylic acid groups (broad SMARTS) is 1. The number of carbonyl (C=O) groups excluding carboxylic acids is 1. The van der Waals surface area contributed by atoms with Gasteiger partial charge in [-0.1, -0.05) is 30.3 Å². The first-order valence-electron chi connectivity index (χ1n) is 5.78. The zero-order valence-electron chi connectivity index (χ0n) is 10.1. The molecule has 0 spiro atoms. The Balaban J connectivity index is 2.05. The Hall–Kier alpha value is -1.49. The van der Waals surface area contributed by atoms with Gasteiger partial charge >= 0.3 is 5.97 Å². The molecule has 5 heteroatoms. The zero-order valence-corrected chi connectivity index (χ0v) is 10.9. The van der Waals surface area contributed by atoms with Crippen LogP contribution >= 0.6 is 11.8 Å². The van der Waals surface area contributed by atoms with Gasteiger partial charge in [0.15, 0.2) is 0 Å². The van der Waals surface area contributed by atoms with Crippen LogP contribution in [0.15, 0.2) is 30.3 Å². The first kappa shape index (κ1) is 14.6. The van der Waals surface area contributed by atoms with Crippen LogP contribution in [0, 0.1) is 0 Å². The Bertz CT molecular complexity index is 381. The molecule has 0 atom stereocenters. The van der Waals surface area contributed by atoms with Gasteiger partial charge in [-0.3, -0.25) is 9.59 Å². The second kappa shape index (κ2) is 8.58. The summed E-state index contributed by atoms with van der Waals surface area (Å²) in [5.74, 6) is -0.0722. The van der Waals surface area contributed by atoms with Crippen LogP contribution < -0.4 is 5.32 Å². The molecule has 0 aliphatic rings. The summed E-state index contributed by atoms with van der Waals surface area (Å²) in [4.78, 5) is 21.7. The summed E-state index contributed by atoms with van der Waals surface area (Å²) in [6, 6.07) is 9.94. The van der Waals surface area contributed by atoms with E-state index in [1.165, 1.54) is 17.3 Å². The SMILES string of the molecule is O=C(O)CCSCC(=O)NCCc1ccccc1. The van der Waals surface area contributed by atoms with Crippen molar-refractivity contribution in [3.8, 4) is 0 Å². The average Bonchev–Trinajstić information content (AvgIpc) is 2.36. The fourth-order valence-electron chi connectivity index (χ4n) is 1.37. The number of benzene rings is 1. The Morgan fingerprint density at radius 2 is 1.94 bits per heavy atom. The third kappa shape index (κ3) is 6.96.